The van der Waals surface area contributed by atoms with Crippen LogP contribution in [0.25, 0.3) is 0 Å². The van der Waals surface area contributed by atoms with Crippen molar-refractivity contribution in [2.24, 2.45) is 5.92 Å². The Kier molecular flexibility index (Phi) is 13.9. The molecule has 2 heterocycles. The number of unbranched alkanes of at least 4 members (excludes halogenated alkanes) is 3. The fourth-order valence-corrected chi connectivity index (χ4v) is 6.46. The zero-order valence-corrected chi connectivity index (χ0v) is 26.6. The van der Waals surface area contributed by atoms with Crippen molar-refractivity contribution >= 4 is 23.7 Å². The predicted octanol–water partition coefficient (Wildman–Crippen LogP) is 4.68. The molecule has 3 N–H and O–H groups in total. The van der Waals surface area contributed by atoms with E-state index in [2.05, 4.69) is 41.5 Å². The molecule has 5 atom stereocenters. The number of nitrogens with one attached hydrogen (secondary N) is 3. The summed E-state index contributed by atoms with van der Waals surface area (Å²) in [4.78, 5) is 50.4. The number of amides is 3. The molecule has 0 radical (unpaired) electrons. The van der Waals surface area contributed by atoms with E-state index in [1.54, 1.807) is 10.6 Å². The average molecular weight is 679 g/mol. The number of carbonyl (C=O) groups excluding carboxylic acids is 4. The maximum atomic E-state index is 13.4. The topological polar surface area (TPSA) is 117 Å². The second kappa shape index (κ2) is 17.2. The highest BCUT2D eigenvalue weighted by Crippen LogP contribution is 2.46. The van der Waals surface area contributed by atoms with Crippen LogP contribution in [0.4, 0.5) is 26.3 Å². The maximum absolute atomic E-state index is 13.4. The lowest BCUT2D eigenvalue weighted by atomic mass is 9.76. The number of esters is 1. The molecule has 2 bridgehead atoms. The zero-order valence-electron chi connectivity index (χ0n) is 26.6. The number of piperidine rings is 1. The first-order chi connectivity index (χ1) is 22.1. The Hall–Kier alpha value is -3.36. The van der Waals surface area contributed by atoms with Crippen molar-refractivity contribution in [2.45, 2.75) is 108 Å². The molecule has 1 aromatic carbocycles. The van der Waals surface area contributed by atoms with Crippen molar-refractivity contribution in [1.29, 1.82) is 0 Å². The largest absolute Gasteiger partial charge is 0.471 e. The first-order valence-corrected chi connectivity index (χ1v) is 16.0. The van der Waals surface area contributed by atoms with Gasteiger partial charge in [0.15, 0.2) is 0 Å². The Morgan fingerprint density at radius 1 is 0.872 bits per heavy atom. The van der Waals surface area contributed by atoms with Crippen LogP contribution in [0, 0.1) is 12.8 Å². The van der Waals surface area contributed by atoms with Gasteiger partial charge >= 0.3 is 30.1 Å². The number of benzene rings is 1. The van der Waals surface area contributed by atoms with Crippen LogP contribution >= 0.6 is 0 Å². The molecule has 15 heteroatoms. The molecule has 1 aromatic rings. The molecule has 9 nitrogen and oxygen atoms in total. The molecule has 2 saturated heterocycles. The van der Waals surface area contributed by atoms with E-state index in [-0.39, 0.29) is 76.1 Å². The smallest absolute Gasteiger partial charge is 0.464 e. The van der Waals surface area contributed by atoms with Gasteiger partial charge in [0, 0.05) is 37.5 Å². The van der Waals surface area contributed by atoms with Gasteiger partial charge in [-0.3, -0.25) is 14.4 Å². The van der Waals surface area contributed by atoms with Crippen molar-refractivity contribution in [3.63, 3.8) is 0 Å². The van der Waals surface area contributed by atoms with Gasteiger partial charge < -0.3 is 25.6 Å². The Morgan fingerprint density at radius 2 is 1.47 bits per heavy atom. The number of rotatable bonds is 16. The Morgan fingerprint density at radius 3 is 2.06 bits per heavy atom. The third-order valence-electron chi connectivity index (χ3n) is 9.06. The highest BCUT2D eigenvalue weighted by Gasteiger charge is 2.46. The molecule has 4 unspecified atom stereocenters. The van der Waals surface area contributed by atoms with Gasteiger partial charge in [-0.25, -0.2) is 4.79 Å². The van der Waals surface area contributed by atoms with Crippen molar-refractivity contribution in [1.82, 2.24) is 20.9 Å². The quantitative estimate of drug-likeness (QED) is 0.133. The van der Waals surface area contributed by atoms with Gasteiger partial charge in [-0.05, 0) is 76.8 Å². The van der Waals surface area contributed by atoms with Gasteiger partial charge in [0.2, 0.25) is 5.91 Å². The summed E-state index contributed by atoms with van der Waals surface area (Å²) in [5, 5.41) is 6.17. The van der Waals surface area contributed by atoms with Crippen LogP contribution in [0.2, 0.25) is 0 Å². The molecular weight excluding hydrogens is 634 g/mol. The summed E-state index contributed by atoms with van der Waals surface area (Å²) in [7, 11) is 2.08. The lowest BCUT2D eigenvalue weighted by molar-refractivity contribution is -0.173. The highest BCUT2D eigenvalue weighted by molar-refractivity contribution is 5.84. The SMILES string of the molecule is Cc1ccc([C@H]2CC3CCC(C2COC(=O)C(CCCCNC(=O)C(F)(F)F)NC(=O)CCCCCNC(=O)C(F)(F)F)N3C)cc1. The summed E-state index contributed by atoms with van der Waals surface area (Å²) in [5.74, 6) is -5.08. The summed E-state index contributed by atoms with van der Waals surface area (Å²) in [5.41, 5.74) is 2.31. The van der Waals surface area contributed by atoms with E-state index >= 15 is 0 Å². The van der Waals surface area contributed by atoms with Gasteiger partial charge in [-0.15, -0.1) is 0 Å². The third kappa shape index (κ3) is 11.7. The van der Waals surface area contributed by atoms with E-state index in [1.807, 2.05) is 6.92 Å². The third-order valence-corrected chi connectivity index (χ3v) is 9.06. The van der Waals surface area contributed by atoms with Gasteiger partial charge in [0.1, 0.15) is 6.04 Å². The molecule has 3 rings (SSSR count). The van der Waals surface area contributed by atoms with Crippen molar-refractivity contribution in [3.8, 4) is 0 Å². The minimum atomic E-state index is -5.01. The van der Waals surface area contributed by atoms with E-state index in [1.165, 1.54) is 5.56 Å². The van der Waals surface area contributed by atoms with Crippen molar-refractivity contribution < 1.29 is 50.3 Å². The van der Waals surface area contributed by atoms with Gasteiger partial charge in [0.25, 0.3) is 0 Å². The molecular formula is C32H44F6N4O5. The van der Waals surface area contributed by atoms with Gasteiger partial charge in [-0.2, -0.15) is 26.3 Å². The van der Waals surface area contributed by atoms with Crippen LogP contribution in [-0.2, 0) is 23.9 Å². The molecule has 0 aliphatic carbocycles. The summed E-state index contributed by atoms with van der Waals surface area (Å²) in [6.07, 6.45) is -5.84. The van der Waals surface area contributed by atoms with Gasteiger partial charge in [0.05, 0.1) is 6.61 Å². The monoisotopic (exact) mass is 678 g/mol. The van der Waals surface area contributed by atoms with Crippen LogP contribution in [-0.4, -0.2) is 85.8 Å². The van der Waals surface area contributed by atoms with Crippen molar-refractivity contribution in [3.05, 3.63) is 35.4 Å². The molecule has 0 spiro atoms. The number of alkyl halides is 6. The van der Waals surface area contributed by atoms with Crippen LogP contribution in [0.1, 0.15) is 81.3 Å². The van der Waals surface area contributed by atoms with E-state index in [0.29, 0.717) is 12.5 Å². The Balaban J connectivity index is 1.57. The first kappa shape index (κ1) is 38.1. The lowest BCUT2D eigenvalue weighted by Gasteiger charge is -2.43. The van der Waals surface area contributed by atoms with E-state index in [4.69, 9.17) is 4.74 Å². The standard InChI is InChI=1S/C32H44F6N4O5/c1-20-10-12-21(13-11-20)23-18-22-14-15-26(42(22)2)24(23)19-47-28(44)25(8-5-7-17-40-30(46)32(36,37)38)41-27(43)9-4-3-6-16-39-29(45)31(33,34)35/h10-13,22-26H,3-9,14-19H2,1-2H3,(H,39,45)(H,40,46)(H,41,43)/t22?,23-,24?,25?,26?/m1/s1. The number of hydrogen-bond donors (Lipinski definition) is 3. The molecule has 0 saturated carbocycles. The molecule has 2 fully saturated rings. The second-order valence-electron chi connectivity index (χ2n) is 12.4. The van der Waals surface area contributed by atoms with Crippen LogP contribution in [0.5, 0.6) is 0 Å². The van der Waals surface area contributed by atoms with Crippen LogP contribution < -0.4 is 16.0 Å². The fourth-order valence-electron chi connectivity index (χ4n) is 6.46. The summed E-state index contributed by atoms with van der Waals surface area (Å²) in [6, 6.07) is 7.87. The fraction of sp³-hybridized carbons (Fsp3) is 0.688. The first-order valence-electron chi connectivity index (χ1n) is 16.0. The van der Waals surface area contributed by atoms with Crippen LogP contribution in [0.15, 0.2) is 24.3 Å². The molecule has 264 valence electrons. The second-order valence-corrected chi connectivity index (χ2v) is 12.4. The molecule has 3 amide bonds. The highest BCUT2D eigenvalue weighted by atomic mass is 19.4. The summed E-state index contributed by atoms with van der Waals surface area (Å²) in [6.45, 7) is 1.66. The normalized spacial score (nSPS) is 22.0. The number of aryl methyl sites for hydroxylation is 1. The van der Waals surface area contributed by atoms with E-state index in [0.717, 1.165) is 24.8 Å². The van der Waals surface area contributed by atoms with Crippen LogP contribution in [0.3, 0.4) is 0 Å². The Bertz CT molecular complexity index is 1210. The number of halogens is 6. The van der Waals surface area contributed by atoms with Crippen molar-refractivity contribution in [2.75, 3.05) is 26.7 Å². The Labute approximate surface area is 270 Å². The number of ether oxygens (including phenoxy) is 1. The maximum Gasteiger partial charge on any atom is 0.471 e. The summed E-state index contributed by atoms with van der Waals surface area (Å²) < 4.78 is 80.1. The minimum Gasteiger partial charge on any atom is -0.464 e. The van der Waals surface area contributed by atoms with Gasteiger partial charge in [-0.1, -0.05) is 36.2 Å². The van der Waals surface area contributed by atoms with E-state index in [9.17, 15) is 45.5 Å². The number of fused-ring (bicyclic) bond motifs is 2. The molecule has 2 aliphatic heterocycles. The number of nitrogens with zero attached hydrogens (tertiary/aromatic N) is 1. The molecule has 0 aromatic heterocycles. The zero-order chi connectivity index (χ0) is 34.8. The average Bonchev–Trinajstić information content (AvgIpc) is 3.23. The predicted molar refractivity (Wildman–Crippen MR) is 160 cm³/mol. The van der Waals surface area contributed by atoms with E-state index < -0.39 is 42.1 Å². The lowest BCUT2D eigenvalue weighted by Crippen LogP contribution is -2.48. The number of carbonyl (C=O) groups is 4. The molecule has 47 heavy (non-hydrogen) atoms. The molecule has 2 aliphatic rings. The minimum absolute atomic E-state index is 0.0113. The number of hydrogen-bond acceptors (Lipinski definition) is 6. The summed E-state index contributed by atoms with van der Waals surface area (Å²) >= 11 is 0.